The molecule has 5 heteroatoms. The number of fused-ring (bicyclic) bond motifs is 1. The topological polar surface area (TPSA) is 56.0 Å². The van der Waals surface area contributed by atoms with E-state index in [9.17, 15) is 10.1 Å². The summed E-state index contributed by atoms with van der Waals surface area (Å²) in [6.07, 6.45) is 1.70. The first-order valence-corrected chi connectivity index (χ1v) is 5.37. The summed E-state index contributed by atoms with van der Waals surface area (Å²) < 4.78 is 0.897. The number of nitrogens with zero attached hydrogens (tertiary/aromatic N) is 2. The van der Waals surface area contributed by atoms with Gasteiger partial charge in [0.25, 0.3) is 5.69 Å². The molecule has 0 N–H and O–H groups in total. The Morgan fingerprint density at radius 3 is 2.87 bits per heavy atom. The summed E-state index contributed by atoms with van der Waals surface area (Å²) >= 11 is 2.09. The first kappa shape index (κ1) is 10.3. The van der Waals surface area contributed by atoms with Crippen molar-refractivity contribution < 1.29 is 4.92 Å². The number of benzene rings is 1. The fourth-order valence-corrected chi connectivity index (χ4v) is 1.96. The van der Waals surface area contributed by atoms with E-state index in [1.165, 1.54) is 0 Å². The molecule has 1 aromatic carbocycles. The molecule has 0 aliphatic carbocycles. The van der Waals surface area contributed by atoms with Crippen molar-refractivity contribution in [1.29, 1.82) is 0 Å². The smallest absolute Gasteiger partial charge is 0.258 e. The van der Waals surface area contributed by atoms with Crippen LogP contribution in [0.4, 0.5) is 5.69 Å². The van der Waals surface area contributed by atoms with E-state index in [2.05, 4.69) is 27.6 Å². The van der Waals surface area contributed by atoms with Crippen LogP contribution in [0.1, 0.15) is 5.56 Å². The average molecular weight is 314 g/mol. The van der Waals surface area contributed by atoms with Crippen LogP contribution < -0.4 is 0 Å². The second-order valence-electron chi connectivity index (χ2n) is 3.21. The SMILES string of the molecule is Cc1ccc2ncc(I)cc2c1[N+](=O)[O-]. The lowest BCUT2D eigenvalue weighted by atomic mass is 10.1. The molecular weight excluding hydrogens is 307 g/mol. The minimum atomic E-state index is -0.352. The molecule has 1 aromatic heterocycles. The van der Waals surface area contributed by atoms with E-state index in [4.69, 9.17) is 0 Å². The number of hydrogen-bond acceptors (Lipinski definition) is 3. The van der Waals surface area contributed by atoms with Crippen molar-refractivity contribution in [1.82, 2.24) is 4.98 Å². The molecule has 2 rings (SSSR count). The zero-order valence-corrected chi connectivity index (χ0v) is 10.1. The van der Waals surface area contributed by atoms with Gasteiger partial charge in [-0.25, -0.2) is 0 Å². The molecule has 0 aliphatic rings. The highest BCUT2D eigenvalue weighted by Crippen LogP contribution is 2.28. The van der Waals surface area contributed by atoms with Gasteiger partial charge in [0, 0.05) is 15.3 Å². The highest BCUT2D eigenvalue weighted by molar-refractivity contribution is 14.1. The highest BCUT2D eigenvalue weighted by Gasteiger charge is 2.15. The summed E-state index contributed by atoms with van der Waals surface area (Å²) in [6.45, 7) is 1.73. The zero-order chi connectivity index (χ0) is 11.0. The van der Waals surface area contributed by atoms with Gasteiger partial charge in [-0.15, -0.1) is 0 Å². The molecule has 0 saturated heterocycles. The summed E-state index contributed by atoms with van der Waals surface area (Å²) in [5, 5.41) is 11.5. The molecule has 76 valence electrons. The number of nitro benzene ring substituents is 1. The summed E-state index contributed by atoms with van der Waals surface area (Å²) in [7, 11) is 0. The Labute approximate surface area is 99.6 Å². The molecule has 1 heterocycles. The quantitative estimate of drug-likeness (QED) is 0.462. The van der Waals surface area contributed by atoms with Gasteiger partial charge in [0.2, 0.25) is 0 Å². The molecule has 0 aliphatic heterocycles. The van der Waals surface area contributed by atoms with Crippen LogP contribution in [0.2, 0.25) is 0 Å². The zero-order valence-electron chi connectivity index (χ0n) is 7.90. The van der Waals surface area contributed by atoms with Crippen LogP contribution in [0.25, 0.3) is 10.9 Å². The second-order valence-corrected chi connectivity index (χ2v) is 4.45. The van der Waals surface area contributed by atoms with Gasteiger partial charge in [0.05, 0.1) is 15.8 Å². The fourth-order valence-electron chi connectivity index (χ4n) is 1.51. The standard InChI is InChI=1S/C10H7IN2O2/c1-6-2-3-9-8(10(6)13(14)15)4-7(11)5-12-9/h2-5H,1H3. The number of rotatable bonds is 1. The van der Waals surface area contributed by atoms with Gasteiger partial charge in [-0.1, -0.05) is 6.07 Å². The Bertz CT molecular complexity index is 549. The van der Waals surface area contributed by atoms with E-state index < -0.39 is 0 Å². The number of hydrogen-bond donors (Lipinski definition) is 0. The summed E-state index contributed by atoms with van der Waals surface area (Å²) in [5.74, 6) is 0. The van der Waals surface area contributed by atoms with E-state index in [-0.39, 0.29) is 10.6 Å². The third kappa shape index (κ3) is 1.79. The van der Waals surface area contributed by atoms with Crippen LogP contribution in [0.15, 0.2) is 24.4 Å². The Balaban J connectivity index is 2.90. The second kappa shape index (κ2) is 3.73. The van der Waals surface area contributed by atoms with E-state index in [0.29, 0.717) is 16.5 Å². The lowest BCUT2D eigenvalue weighted by Crippen LogP contribution is -1.94. The van der Waals surface area contributed by atoms with Crippen molar-refractivity contribution in [3.8, 4) is 0 Å². The normalized spacial score (nSPS) is 10.5. The highest BCUT2D eigenvalue weighted by atomic mass is 127. The van der Waals surface area contributed by atoms with Crippen LogP contribution in [0, 0.1) is 20.6 Å². The molecule has 0 unspecified atom stereocenters. The number of pyridine rings is 1. The van der Waals surface area contributed by atoms with Gasteiger partial charge in [-0.2, -0.15) is 0 Å². The van der Waals surface area contributed by atoms with E-state index >= 15 is 0 Å². The molecule has 0 fully saturated rings. The molecule has 0 amide bonds. The summed E-state index contributed by atoms with van der Waals surface area (Å²) in [4.78, 5) is 14.7. The molecule has 0 spiro atoms. The van der Waals surface area contributed by atoms with Crippen molar-refractivity contribution in [2.75, 3.05) is 0 Å². The lowest BCUT2D eigenvalue weighted by molar-refractivity contribution is -0.383. The van der Waals surface area contributed by atoms with Gasteiger partial charge in [0.15, 0.2) is 0 Å². The Kier molecular flexibility index (Phi) is 2.56. The van der Waals surface area contributed by atoms with E-state index in [0.717, 1.165) is 3.57 Å². The van der Waals surface area contributed by atoms with Gasteiger partial charge < -0.3 is 0 Å². The molecule has 2 aromatic rings. The minimum Gasteiger partial charge on any atom is -0.258 e. The first-order valence-electron chi connectivity index (χ1n) is 4.29. The van der Waals surface area contributed by atoms with Crippen molar-refractivity contribution in [3.05, 3.63) is 43.6 Å². The first-order chi connectivity index (χ1) is 7.09. The molecule has 4 nitrogen and oxygen atoms in total. The van der Waals surface area contributed by atoms with Gasteiger partial charge in [-0.3, -0.25) is 15.1 Å². The Morgan fingerprint density at radius 2 is 2.20 bits per heavy atom. The summed E-state index contributed by atoms with van der Waals surface area (Å²) in [6, 6.07) is 5.31. The lowest BCUT2D eigenvalue weighted by Gasteiger charge is -2.02. The third-order valence-electron chi connectivity index (χ3n) is 2.19. The van der Waals surface area contributed by atoms with Crippen LogP contribution in [0.3, 0.4) is 0 Å². The van der Waals surface area contributed by atoms with Crippen molar-refractivity contribution in [2.45, 2.75) is 6.92 Å². The molecule has 0 radical (unpaired) electrons. The maximum Gasteiger partial charge on any atom is 0.281 e. The Hall–Kier alpha value is -1.24. The maximum atomic E-state index is 10.9. The molecule has 0 bridgehead atoms. The average Bonchev–Trinajstić information content (AvgIpc) is 2.16. The number of nitro groups is 1. The largest absolute Gasteiger partial charge is 0.281 e. The maximum absolute atomic E-state index is 10.9. The van der Waals surface area contributed by atoms with Crippen LogP contribution in [0.5, 0.6) is 0 Å². The molecule has 0 saturated carbocycles. The van der Waals surface area contributed by atoms with Crippen molar-refractivity contribution in [2.24, 2.45) is 0 Å². The minimum absolute atomic E-state index is 0.151. The molecular formula is C10H7IN2O2. The van der Waals surface area contributed by atoms with Crippen molar-refractivity contribution >= 4 is 39.2 Å². The molecule has 0 atom stereocenters. The van der Waals surface area contributed by atoms with Gasteiger partial charge in [-0.05, 0) is 41.6 Å². The molecule has 15 heavy (non-hydrogen) atoms. The monoisotopic (exact) mass is 314 g/mol. The van der Waals surface area contributed by atoms with E-state index in [1.807, 2.05) is 0 Å². The number of aromatic nitrogens is 1. The summed E-state index contributed by atoms with van der Waals surface area (Å²) in [5.41, 5.74) is 1.47. The van der Waals surface area contributed by atoms with E-state index in [1.54, 1.807) is 31.3 Å². The Morgan fingerprint density at radius 1 is 1.47 bits per heavy atom. The predicted octanol–water partition coefficient (Wildman–Crippen LogP) is 3.06. The number of aryl methyl sites for hydroxylation is 1. The van der Waals surface area contributed by atoms with Crippen LogP contribution >= 0.6 is 22.6 Å². The van der Waals surface area contributed by atoms with Crippen LogP contribution in [-0.4, -0.2) is 9.91 Å². The van der Waals surface area contributed by atoms with Gasteiger partial charge >= 0.3 is 0 Å². The fraction of sp³-hybridized carbons (Fsp3) is 0.100. The number of halogens is 1. The van der Waals surface area contributed by atoms with Gasteiger partial charge in [0.1, 0.15) is 0 Å². The predicted molar refractivity (Wildman–Crippen MR) is 65.9 cm³/mol. The van der Waals surface area contributed by atoms with Crippen LogP contribution in [-0.2, 0) is 0 Å². The van der Waals surface area contributed by atoms with Crippen molar-refractivity contribution in [3.63, 3.8) is 0 Å². The third-order valence-corrected chi connectivity index (χ3v) is 2.78.